The lowest BCUT2D eigenvalue weighted by atomic mass is 10.2. The van der Waals surface area contributed by atoms with E-state index < -0.39 is 4.92 Å². The molecule has 1 N–H and O–H groups in total. The van der Waals surface area contributed by atoms with Crippen LogP contribution in [-0.4, -0.2) is 34.2 Å². The van der Waals surface area contributed by atoms with Crippen LogP contribution < -0.4 is 10.1 Å². The van der Waals surface area contributed by atoms with Crippen molar-refractivity contribution < 1.29 is 14.4 Å². The maximum Gasteiger partial charge on any atom is 0.311 e. The molecule has 3 rings (SSSR count). The van der Waals surface area contributed by atoms with Crippen LogP contribution >= 0.6 is 0 Å². The molecule has 0 saturated carbocycles. The molecular formula is C15H16N4O4. The number of nitro groups is 1. The summed E-state index contributed by atoms with van der Waals surface area (Å²) in [6.45, 7) is 1.66. The van der Waals surface area contributed by atoms with E-state index in [0.717, 1.165) is 12.0 Å². The number of pyridine rings is 2. The van der Waals surface area contributed by atoms with Gasteiger partial charge in [0.15, 0.2) is 0 Å². The van der Waals surface area contributed by atoms with Gasteiger partial charge in [-0.1, -0.05) is 0 Å². The first-order chi connectivity index (χ1) is 11.2. The second-order valence-electron chi connectivity index (χ2n) is 5.09. The van der Waals surface area contributed by atoms with Crippen molar-refractivity contribution in [3.8, 4) is 5.88 Å². The van der Waals surface area contributed by atoms with E-state index >= 15 is 0 Å². The Morgan fingerprint density at radius 2 is 2.30 bits per heavy atom. The standard InChI is InChI=1S/C15H16N4O4/c20-19(21)13-2-1-5-17-15(13)18-9-11-3-6-16-14(8-11)23-12-4-7-22-10-12/h1-3,5-6,8,12H,4,7,9-10H2,(H,17,18). The molecule has 1 atom stereocenters. The Labute approximate surface area is 132 Å². The van der Waals surface area contributed by atoms with Gasteiger partial charge in [0.25, 0.3) is 0 Å². The number of anilines is 1. The topological polar surface area (TPSA) is 99.4 Å². The molecule has 120 valence electrons. The van der Waals surface area contributed by atoms with E-state index in [9.17, 15) is 10.1 Å². The molecule has 0 amide bonds. The Bertz CT molecular complexity index is 689. The number of hydrogen-bond donors (Lipinski definition) is 1. The van der Waals surface area contributed by atoms with Gasteiger partial charge in [-0.3, -0.25) is 10.1 Å². The molecule has 0 bridgehead atoms. The summed E-state index contributed by atoms with van der Waals surface area (Å²) in [6, 6.07) is 6.57. The third-order valence-electron chi connectivity index (χ3n) is 3.42. The Balaban J connectivity index is 1.65. The maximum absolute atomic E-state index is 11.0. The summed E-state index contributed by atoms with van der Waals surface area (Å²) in [5, 5.41) is 13.9. The molecule has 1 aliphatic rings. The average Bonchev–Trinajstić information content (AvgIpc) is 3.06. The summed E-state index contributed by atoms with van der Waals surface area (Å²) in [5.74, 6) is 0.760. The minimum absolute atomic E-state index is 0.0302. The van der Waals surface area contributed by atoms with Gasteiger partial charge in [-0.15, -0.1) is 0 Å². The van der Waals surface area contributed by atoms with Gasteiger partial charge >= 0.3 is 5.69 Å². The van der Waals surface area contributed by atoms with Crippen molar-refractivity contribution in [3.63, 3.8) is 0 Å². The van der Waals surface area contributed by atoms with Crippen LogP contribution in [0.15, 0.2) is 36.7 Å². The van der Waals surface area contributed by atoms with Crippen molar-refractivity contribution in [2.45, 2.75) is 19.1 Å². The lowest BCUT2D eigenvalue weighted by Gasteiger charge is -2.12. The van der Waals surface area contributed by atoms with Crippen molar-refractivity contribution in [1.82, 2.24) is 9.97 Å². The SMILES string of the molecule is O=[N+]([O-])c1cccnc1NCc1ccnc(OC2CCOC2)c1. The molecule has 2 aromatic heterocycles. The van der Waals surface area contributed by atoms with Crippen LogP contribution in [0.5, 0.6) is 5.88 Å². The van der Waals surface area contributed by atoms with Gasteiger partial charge in [-0.25, -0.2) is 9.97 Å². The van der Waals surface area contributed by atoms with Crippen molar-refractivity contribution in [1.29, 1.82) is 0 Å². The zero-order valence-electron chi connectivity index (χ0n) is 12.3. The lowest BCUT2D eigenvalue weighted by Crippen LogP contribution is -2.16. The molecular weight excluding hydrogens is 300 g/mol. The van der Waals surface area contributed by atoms with Crippen molar-refractivity contribution in [3.05, 3.63) is 52.3 Å². The molecule has 0 spiro atoms. The monoisotopic (exact) mass is 316 g/mol. The largest absolute Gasteiger partial charge is 0.472 e. The quantitative estimate of drug-likeness (QED) is 0.644. The molecule has 1 aliphatic heterocycles. The van der Waals surface area contributed by atoms with Gasteiger partial charge < -0.3 is 14.8 Å². The van der Waals surface area contributed by atoms with Crippen LogP contribution in [-0.2, 0) is 11.3 Å². The first kappa shape index (κ1) is 15.2. The van der Waals surface area contributed by atoms with Crippen LogP contribution in [0.4, 0.5) is 11.5 Å². The third-order valence-corrected chi connectivity index (χ3v) is 3.42. The van der Waals surface area contributed by atoms with Crippen LogP contribution in [0, 0.1) is 10.1 Å². The van der Waals surface area contributed by atoms with E-state index in [1.54, 1.807) is 12.3 Å². The zero-order chi connectivity index (χ0) is 16.1. The summed E-state index contributed by atoms with van der Waals surface area (Å²) in [6.07, 6.45) is 4.04. The van der Waals surface area contributed by atoms with E-state index in [4.69, 9.17) is 9.47 Å². The highest BCUT2D eigenvalue weighted by molar-refractivity contribution is 5.55. The fourth-order valence-corrected chi connectivity index (χ4v) is 2.27. The Kier molecular flexibility index (Phi) is 4.62. The van der Waals surface area contributed by atoms with Crippen LogP contribution in [0.25, 0.3) is 0 Å². The van der Waals surface area contributed by atoms with E-state index in [1.807, 2.05) is 6.07 Å². The van der Waals surface area contributed by atoms with Gasteiger partial charge in [0.2, 0.25) is 11.7 Å². The van der Waals surface area contributed by atoms with E-state index in [0.29, 0.717) is 25.6 Å². The van der Waals surface area contributed by atoms with Gasteiger partial charge in [0, 0.05) is 37.5 Å². The molecule has 8 heteroatoms. The summed E-state index contributed by atoms with van der Waals surface area (Å²) >= 11 is 0. The van der Waals surface area contributed by atoms with Gasteiger partial charge in [-0.05, 0) is 17.7 Å². The first-order valence-electron chi connectivity index (χ1n) is 7.25. The lowest BCUT2D eigenvalue weighted by molar-refractivity contribution is -0.384. The number of nitrogens with zero attached hydrogens (tertiary/aromatic N) is 3. The third kappa shape index (κ3) is 3.92. The van der Waals surface area contributed by atoms with Crippen molar-refractivity contribution in [2.75, 3.05) is 18.5 Å². The first-order valence-corrected chi connectivity index (χ1v) is 7.25. The Morgan fingerprint density at radius 1 is 1.39 bits per heavy atom. The summed E-state index contributed by atoms with van der Waals surface area (Å²) in [4.78, 5) is 18.7. The number of nitrogens with one attached hydrogen (secondary N) is 1. The predicted octanol–water partition coefficient (Wildman–Crippen LogP) is 2.16. The molecule has 0 aromatic carbocycles. The fourth-order valence-electron chi connectivity index (χ4n) is 2.27. The van der Waals surface area contributed by atoms with Gasteiger partial charge in [0.05, 0.1) is 18.1 Å². The molecule has 23 heavy (non-hydrogen) atoms. The molecule has 1 unspecified atom stereocenters. The number of rotatable bonds is 6. The maximum atomic E-state index is 11.0. The molecule has 0 aliphatic carbocycles. The Hall–Kier alpha value is -2.74. The number of hydrogen-bond acceptors (Lipinski definition) is 7. The summed E-state index contributed by atoms with van der Waals surface area (Å²) < 4.78 is 11.0. The molecule has 1 saturated heterocycles. The van der Waals surface area contributed by atoms with Crippen molar-refractivity contribution >= 4 is 11.5 Å². The average molecular weight is 316 g/mol. The van der Waals surface area contributed by atoms with Gasteiger partial charge in [-0.2, -0.15) is 0 Å². The van der Waals surface area contributed by atoms with E-state index in [-0.39, 0.29) is 17.6 Å². The summed E-state index contributed by atoms with van der Waals surface area (Å²) in [7, 11) is 0. The molecule has 1 fully saturated rings. The van der Waals surface area contributed by atoms with Crippen LogP contribution in [0.3, 0.4) is 0 Å². The second kappa shape index (κ2) is 7.01. The number of ether oxygens (including phenoxy) is 2. The van der Waals surface area contributed by atoms with Crippen molar-refractivity contribution in [2.24, 2.45) is 0 Å². The molecule has 0 radical (unpaired) electrons. The normalized spacial score (nSPS) is 17.0. The zero-order valence-corrected chi connectivity index (χ0v) is 12.3. The predicted molar refractivity (Wildman–Crippen MR) is 82.3 cm³/mol. The second-order valence-corrected chi connectivity index (χ2v) is 5.09. The van der Waals surface area contributed by atoms with E-state index in [1.165, 1.54) is 18.3 Å². The molecule has 8 nitrogen and oxygen atoms in total. The van der Waals surface area contributed by atoms with E-state index in [2.05, 4.69) is 15.3 Å². The highest BCUT2D eigenvalue weighted by Gasteiger charge is 2.18. The van der Waals surface area contributed by atoms with Crippen LogP contribution in [0.2, 0.25) is 0 Å². The Morgan fingerprint density at radius 3 is 3.09 bits per heavy atom. The molecule has 2 aromatic rings. The highest BCUT2D eigenvalue weighted by atomic mass is 16.6. The van der Waals surface area contributed by atoms with Crippen LogP contribution in [0.1, 0.15) is 12.0 Å². The highest BCUT2D eigenvalue weighted by Crippen LogP contribution is 2.21. The summed E-state index contributed by atoms with van der Waals surface area (Å²) in [5.41, 5.74) is 0.843. The smallest absolute Gasteiger partial charge is 0.311 e. The minimum Gasteiger partial charge on any atom is -0.472 e. The molecule has 3 heterocycles. The minimum atomic E-state index is -0.462. The fraction of sp³-hybridized carbons (Fsp3) is 0.333. The van der Waals surface area contributed by atoms with Gasteiger partial charge in [0.1, 0.15) is 6.10 Å². The number of aromatic nitrogens is 2.